The summed E-state index contributed by atoms with van der Waals surface area (Å²) in [6.45, 7) is 1.50. The lowest BCUT2D eigenvalue weighted by molar-refractivity contribution is -0.0213. The molecule has 39 heavy (non-hydrogen) atoms. The minimum absolute atomic E-state index is 0.145. The molecule has 5 rings (SSSR count). The quantitative estimate of drug-likeness (QED) is 0.341. The van der Waals surface area contributed by atoms with Gasteiger partial charge in [0, 0.05) is 19.6 Å². The molecule has 1 heterocycles. The molecule has 4 aromatic rings. The second kappa shape index (κ2) is 12.4. The number of benzene rings is 4. The molecule has 1 N–H and O–H groups in total. The van der Waals surface area contributed by atoms with E-state index in [0.717, 1.165) is 22.3 Å². The first kappa shape index (κ1) is 26.2. The third-order valence-electron chi connectivity index (χ3n) is 7.16. The van der Waals surface area contributed by atoms with Gasteiger partial charge in [0.15, 0.2) is 0 Å². The number of nitrogens with zero attached hydrogens (tertiary/aromatic N) is 4. The van der Waals surface area contributed by atoms with Crippen molar-refractivity contribution in [3.8, 4) is 6.07 Å². The highest BCUT2D eigenvalue weighted by Crippen LogP contribution is 2.26. The zero-order valence-corrected chi connectivity index (χ0v) is 21.8. The maximum atomic E-state index is 14.5. The number of nitriles is 1. The number of aliphatic hydroxyl groups is 1. The van der Waals surface area contributed by atoms with E-state index in [4.69, 9.17) is 0 Å². The highest BCUT2D eigenvalue weighted by atomic mass is 16.3. The third-order valence-corrected chi connectivity index (χ3v) is 7.16. The summed E-state index contributed by atoms with van der Waals surface area (Å²) in [4.78, 5) is 16.3. The van der Waals surface area contributed by atoms with Crippen LogP contribution in [0.4, 0.5) is 4.79 Å². The van der Waals surface area contributed by atoms with Crippen LogP contribution in [0.2, 0.25) is 0 Å². The van der Waals surface area contributed by atoms with Gasteiger partial charge in [-0.05, 0) is 40.8 Å². The molecule has 1 aliphatic rings. The number of carbonyl (C=O) groups excluding carboxylic acids is 1. The molecule has 2 atom stereocenters. The van der Waals surface area contributed by atoms with Crippen molar-refractivity contribution in [3.05, 3.63) is 143 Å². The van der Waals surface area contributed by atoms with E-state index in [1.807, 2.05) is 113 Å². The van der Waals surface area contributed by atoms with Gasteiger partial charge in [-0.2, -0.15) is 5.26 Å². The Hall–Kier alpha value is -4.44. The van der Waals surface area contributed by atoms with E-state index in [9.17, 15) is 15.2 Å². The summed E-state index contributed by atoms with van der Waals surface area (Å²) < 4.78 is 0. The Labute approximate surface area is 229 Å². The maximum absolute atomic E-state index is 14.5. The second-order valence-corrected chi connectivity index (χ2v) is 9.92. The number of urea groups is 1. The zero-order valence-electron chi connectivity index (χ0n) is 21.8. The highest BCUT2D eigenvalue weighted by Gasteiger charge is 2.40. The minimum atomic E-state index is -0.781. The van der Waals surface area contributed by atoms with Crippen molar-refractivity contribution >= 4 is 6.03 Å². The fourth-order valence-electron chi connectivity index (χ4n) is 5.09. The molecule has 4 aromatic carbocycles. The standard InChI is InChI=1S/C33H32N4O2/c34-21-27-16-18-30(19-17-27)22-35-25-32(38)31(20-26-10-4-1-5-11-26)36(23-28-12-6-2-7-13-28)33(39)37(35)24-29-14-8-3-9-15-29/h1-19,31-32,38H,20,22-25H2. The first-order valence-electron chi connectivity index (χ1n) is 13.2. The molecule has 2 amide bonds. The third kappa shape index (κ3) is 6.53. The molecular weight excluding hydrogens is 484 g/mol. The van der Waals surface area contributed by atoms with E-state index < -0.39 is 12.1 Å². The van der Waals surface area contributed by atoms with E-state index in [-0.39, 0.29) is 6.03 Å². The van der Waals surface area contributed by atoms with Gasteiger partial charge >= 0.3 is 6.03 Å². The van der Waals surface area contributed by atoms with Crippen LogP contribution >= 0.6 is 0 Å². The summed E-state index contributed by atoms with van der Waals surface area (Å²) in [5.41, 5.74) is 4.64. The van der Waals surface area contributed by atoms with Crippen LogP contribution in [0, 0.1) is 11.3 Å². The Morgan fingerprint density at radius 2 is 1.21 bits per heavy atom. The number of β-amino-alcohol motifs (C(OH)–C–C–N with tert-alkyl or cyclic N) is 1. The summed E-state index contributed by atoms with van der Waals surface area (Å²) in [6.07, 6.45) is -0.234. The van der Waals surface area contributed by atoms with Crippen LogP contribution in [-0.2, 0) is 26.1 Å². The topological polar surface area (TPSA) is 70.8 Å². The second-order valence-electron chi connectivity index (χ2n) is 9.92. The van der Waals surface area contributed by atoms with Crippen LogP contribution in [-0.4, -0.2) is 44.7 Å². The fourth-order valence-corrected chi connectivity index (χ4v) is 5.09. The lowest BCUT2D eigenvalue weighted by atomic mass is 9.99. The van der Waals surface area contributed by atoms with E-state index >= 15 is 0 Å². The summed E-state index contributed by atoms with van der Waals surface area (Å²) in [5.74, 6) is 0. The number of hydrogen-bond acceptors (Lipinski definition) is 4. The van der Waals surface area contributed by atoms with Crippen molar-refractivity contribution in [3.63, 3.8) is 0 Å². The molecule has 2 unspecified atom stereocenters. The number of aliphatic hydroxyl groups excluding tert-OH is 1. The van der Waals surface area contributed by atoms with Crippen LogP contribution in [0.3, 0.4) is 0 Å². The Morgan fingerprint density at radius 1 is 0.692 bits per heavy atom. The molecule has 1 aliphatic heterocycles. The van der Waals surface area contributed by atoms with Crippen LogP contribution in [0.1, 0.15) is 27.8 Å². The van der Waals surface area contributed by atoms with Gasteiger partial charge in [0.1, 0.15) is 0 Å². The highest BCUT2D eigenvalue weighted by molar-refractivity contribution is 5.75. The maximum Gasteiger partial charge on any atom is 0.335 e. The molecule has 1 fully saturated rings. The Balaban J connectivity index is 1.53. The largest absolute Gasteiger partial charge is 0.390 e. The van der Waals surface area contributed by atoms with Gasteiger partial charge in [-0.1, -0.05) is 103 Å². The molecule has 0 aromatic heterocycles. The molecule has 6 nitrogen and oxygen atoms in total. The van der Waals surface area contributed by atoms with E-state index in [0.29, 0.717) is 38.2 Å². The first-order chi connectivity index (χ1) is 19.1. The fraction of sp³-hybridized carbons (Fsp3) is 0.212. The summed E-state index contributed by atoms with van der Waals surface area (Å²) in [6, 6.07) is 38.9. The Bertz CT molecular complexity index is 1390. The molecule has 0 radical (unpaired) electrons. The van der Waals surface area contributed by atoms with E-state index in [1.54, 1.807) is 17.1 Å². The van der Waals surface area contributed by atoms with Crippen LogP contribution in [0.5, 0.6) is 0 Å². The average molecular weight is 517 g/mol. The molecule has 0 spiro atoms. The summed E-state index contributed by atoms with van der Waals surface area (Å²) >= 11 is 0. The van der Waals surface area contributed by atoms with Crippen LogP contribution in [0.15, 0.2) is 115 Å². The van der Waals surface area contributed by atoms with E-state index in [2.05, 4.69) is 6.07 Å². The molecular formula is C33H32N4O2. The summed E-state index contributed by atoms with van der Waals surface area (Å²) in [7, 11) is 0. The van der Waals surface area contributed by atoms with Gasteiger partial charge in [-0.3, -0.25) is 5.01 Å². The van der Waals surface area contributed by atoms with Crippen molar-refractivity contribution < 1.29 is 9.90 Å². The van der Waals surface area contributed by atoms with Crippen molar-refractivity contribution in [2.45, 2.75) is 38.2 Å². The van der Waals surface area contributed by atoms with Crippen molar-refractivity contribution in [1.29, 1.82) is 5.26 Å². The van der Waals surface area contributed by atoms with E-state index in [1.165, 1.54) is 0 Å². The Morgan fingerprint density at radius 3 is 1.77 bits per heavy atom. The molecule has 0 bridgehead atoms. The van der Waals surface area contributed by atoms with Crippen molar-refractivity contribution in [2.24, 2.45) is 0 Å². The smallest absolute Gasteiger partial charge is 0.335 e. The van der Waals surface area contributed by atoms with Gasteiger partial charge in [-0.15, -0.1) is 0 Å². The van der Waals surface area contributed by atoms with Gasteiger partial charge in [-0.25, -0.2) is 9.80 Å². The summed E-state index contributed by atoms with van der Waals surface area (Å²) in [5, 5.41) is 24.6. The van der Waals surface area contributed by atoms with Crippen LogP contribution < -0.4 is 0 Å². The molecule has 0 aliphatic carbocycles. The van der Waals surface area contributed by atoms with Gasteiger partial charge < -0.3 is 10.0 Å². The van der Waals surface area contributed by atoms with Crippen LogP contribution in [0.25, 0.3) is 0 Å². The number of hydrazine groups is 1. The first-order valence-corrected chi connectivity index (χ1v) is 13.2. The predicted molar refractivity (Wildman–Crippen MR) is 151 cm³/mol. The van der Waals surface area contributed by atoms with Gasteiger partial charge in [0.25, 0.3) is 0 Å². The van der Waals surface area contributed by atoms with Gasteiger partial charge in [0.2, 0.25) is 0 Å². The normalized spacial score (nSPS) is 18.0. The number of carbonyl (C=O) groups is 1. The zero-order chi connectivity index (χ0) is 27.0. The predicted octanol–water partition coefficient (Wildman–Crippen LogP) is 5.39. The monoisotopic (exact) mass is 516 g/mol. The minimum Gasteiger partial charge on any atom is -0.390 e. The molecule has 196 valence electrons. The van der Waals surface area contributed by atoms with Crippen molar-refractivity contribution in [2.75, 3.05) is 6.54 Å². The number of hydrogen-bond donors (Lipinski definition) is 1. The average Bonchev–Trinajstić information content (AvgIpc) is 3.06. The van der Waals surface area contributed by atoms with Gasteiger partial charge in [0.05, 0.1) is 30.3 Å². The lowest BCUT2D eigenvalue weighted by Gasteiger charge is -2.36. The lowest BCUT2D eigenvalue weighted by Crippen LogP contribution is -2.51. The molecule has 0 saturated carbocycles. The molecule has 6 heteroatoms. The Kier molecular flexibility index (Phi) is 8.33. The number of amides is 2. The molecule has 1 saturated heterocycles. The number of rotatable bonds is 8. The SMILES string of the molecule is N#Cc1ccc(CN2CC(O)C(Cc3ccccc3)N(Cc3ccccc3)C(=O)N2Cc2ccccc2)cc1. The van der Waals surface area contributed by atoms with Crippen molar-refractivity contribution in [1.82, 2.24) is 14.9 Å².